The molecule has 0 aliphatic carbocycles. The van der Waals surface area contributed by atoms with Crippen LogP contribution in [0.25, 0.3) is 22.5 Å². The Morgan fingerprint density at radius 2 is 2.04 bits per heavy atom. The molecule has 3 heterocycles. The van der Waals surface area contributed by atoms with Gasteiger partial charge in [0.25, 0.3) is 0 Å². The summed E-state index contributed by atoms with van der Waals surface area (Å²) in [6.07, 6.45) is 3.27. The fraction of sp³-hybridized carbons (Fsp3) is 0.211. The summed E-state index contributed by atoms with van der Waals surface area (Å²) in [5.74, 6) is 2.08. The van der Waals surface area contributed by atoms with Gasteiger partial charge in [0.2, 0.25) is 5.82 Å². The Labute approximate surface area is 145 Å². The van der Waals surface area contributed by atoms with E-state index in [1.54, 1.807) is 6.26 Å². The average Bonchev–Trinajstić information content (AvgIpc) is 3.33. The van der Waals surface area contributed by atoms with Crippen LogP contribution < -0.4 is 5.32 Å². The second-order valence-corrected chi connectivity index (χ2v) is 5.79. The lowest BCUT2D eigenvalue weighted by molar-refractivity contribution is 0.577. The largest absolute Gasteiger partial charge is 0.461 e. The number of anilines is 1. The minimum atomic E-state index is 0.586. The van der Waals surface area contributed by atoms with E-state index in [0.29, 0.717) is 11.6 Å². The van der Waals surface area contributed by atoms with Gasteiger partial charge in [-0.1, -0.05) is 25.1 Å². The number of nitrogens with zero attached hydrogens (tertiary/aromatic N) is 3. The van der Waals surface area contributed by atoms with Gasteiger partial charge in [0.05, 0.1) is 11.8 Å². The maximum Gasteiger partial charge on any atom is 0.216 e. The molecule has 0 unspecified atom stereocenters. The van der Waals surface area contributed by atoms with E-state index in [9.17, 15) is 0 Å². The Morgan fingerprint density at radius 1 is 1.12 bits per heavy atom. The number of aromatic nitrogens is 4. The number of hydrogen-bond acceptors (Lipinski definition) is 5. The van der Waals surface area contributed by atoms with Crippen molar-refractivity contribution >= 4 is 16.6 Å². The van der Waals surface area contributed by atoms with Gasteiger partial charge in [0, 0.05) is 29.7 Å². The van der Waals surface area contributed by atoms with Crippen molar-refractivity contribution in [2.75, 3.05) is 11.9 Å². The molecule has 0 atom stereocenters. The van der Waals surface area contributed by atoms with Gasteiger partial charge in [-0.2, -0.15) is 5.10 Å². The Bertz CT molecular complexity index is 975. The van der Waals surface area contributed by atoms with Crippen LogP contribution >= 0.6 is 0 Å². The Hall–Kier alpha value is -3.15. The van der Waals surface area contributed by atoms with Crippen molar-refractivity contribution in [3.8, 4) is 11.6 Å². The van der Waals surface area contributed by atoms with E-state index in [1.165, 1.54) is 0 Å². The molecule has 126 valence electrons. The highest BCUT2D eigenvalue weighted by atomic mass is 16.3. The molecule has 0 saturated carbocycles. The molecule has 1 aromatic carbocycles. The number of nitrogens with one attached hydrogen (secondary N) is 2. The summed E-state index contributed by atoms with van der Waals surface area (Å²) < 4.78 is 5.31. The second-order valence-electron chi connectivity index (χ2n) is 5.79. The van der Waals surface area contributed by atoms with Gasteiger partial charge in [-0.25, -0.2) is 4.98 Å². The highest BCUT2D eigenvalue weighted by Crippen LogP contribution is 2.23. The zero-order chi connectivity index (χ0) is 17.1. The summed E-state index contributed by atoms with van der Waals surface area (Å²) in [7, 11) is 0. The molecule has 4 rings (SSSR count). The molecule has 6 heteroatoms. The molecule has 2 N–H and O–H groups in total. The molecular weight excluding hydrogens is 314 g/mol. The van der Waals surface area contributed by atoms with Crippen molar-refractivity contribution in [3.05, 3.63) is 60.2 Å². The molecule has 4 aromatic rings. The number of rotatable bonds is 6. The van der Waals surface area contributed by atoms with E-state index in [1.807, 2.05) is 30.3 Å². The summed E-state index contributed by atoms with van der Waals surface area (Å²) in [4.78, 5) is 9.14. The van der Waals surface area contributed by atoms with E-state index in [2.05, 4.69) is 44.5 Å². The third-order valence-corrected chi connectivity index (χ3v) is 4.08. The van der Waals surface area contributed by atoms with Gasteiger partial charge in [-0.3, -0.25) is 10.1 Å². The van der Waals surface area contributed by atoms with Crippen LogP contribution in [0.1, 0.15) is 18.4 Å². The first-order valence-electron chi connectivity index (χ1n) is 8.41. The Kier molecular flexibility index (Phi) is 4.16. The number of H-pyrrole nitrogens is 1. The van der Waals surface area contributed by atoms with E-state index in [4.69, 9.17) is 4.42 Å². The van der Waals surface area contributed by atoms with E-state index in [-0.39, 0.29) is 0 Å². The quantitative estimate of drug-likeness (QED) is 0.560. The first kappa shape index (κ1) is 15.4. The summed E-state index contributed by atoms with van der Waals surface area (Å²) >= 11 is 0. The molecule has 0 bridgehead atoms. The topological polar surface area (TPSA) is 79.6 Å². The number of benzene rings is 1. The molecule has 0 fully saturated rings. The predicted molar refractivity (Wildman–Crippen MR) is 97.4 cm³/mol. The van der Waals surface area contributed by atoms with E-state index >= 15 is 0 Å². The maximum atomic E-state index is 5.31. The van der Waals surface area contributed by atoms with Crippen LogP contribution in [0.2, 0.25) is 0 Å². The molecule has 25 heavy (non-hydrogen) atoms. The van der Waals surface area contributed by atoms with Gasteiger partial charge < -0.3 is 9.73 Å². The average molecular weight is 333 g/mol. The second kappa shape index (κ2) is 6.76. The molecule has 0 amide bonds. The van der Waals surface area contributed by atoms with Crippen molar-refractivity contribution in [2.45, 2.75) is 19.8 Å². The zero-order valence-electron chi connectivity index (χ0n) is 14.0. The van der Waals surface area contributed by atoms with Gasteiger partial charge >= 0.3 is 0 Å². The number of aryl methyl sites for hydroxylation is 1. The lowest BCUT2D eigenvalue weighted by atomic mass is 10.1. The minimum Gasteiger partial charge on any atom is -0.461 e. The molecule has 0 spiro atoms. The van der Waals surface area contributed by atoms with Crippen LogP contribution in [0, 0.1) is 0 Å². The molecule has 0 saturated heterocycles. The normalized spacial score (nSPS) is 11.1. The smallest absolute Gasteiger partial charge is 0.216 e. The first-order valence-corrected chi connectivity index (χ1v) is 8.41. The van der Waals surface area contributed by atoms with Gasteiger partial charge in [-0.15, -0.1) is 0 Å². The fourth-order valence-electron chi connectivity index (χ4n) is 2.80. The third-order valence-electron chi connectivity index (χ3n) is 4.08. The number of hydrogen-bond donors (Lipinski definition) is 2. The molecule has 0 radical (unpaired) electrons. The lowest BCUT2D eigenvalue weighted by Crippen LogP contribution is -2.07. The molecule has 6 nitrogen and oxygen atoms in total. The van der Waals surface area contributed by atoms with Crippen LogP contribution in [0.4, 0.5) is 5.69 Å². The summed E-state index contributed by atoms with van der Waals surface area (Å²) in [6.45, 7) is 2.87. The zero-order valence-corrected chi connectivity index (χ0v) is 14.0. The Morgan fingerprint density at radius 3 is 2.88 bits per heavy atom. The summed E-state index contributed by atoms with van der Waals surface area (Å²) in [5.41, 5.74) is 3.21. The first-order chi connectivity index (χ1) is 12.3. The monoisotopic (exact) mass is 333 g/mol. The van der Waals surface area contributed by atoms with Gasteiger partial charge in [-0.05, 0) is 30.7 Å². The van der Waals surface area contributed by atoms with Crippen molar-refractivity contribution in [2.24, 2.45) is 0 Å². The van der Waals surface area contributed by atoms with Crippen molar-refractivity contribution < 1.29 is 4.42 Å². The number of pyridine rings is 1. The number of fused-ring (bicyclic) bond motifs is 1. The molecule has 0 aliphatic heterocycles. The predicted octanol–water partition coefficient (Wildman–Crippen LogP) is 3.83. The van der Waals surface area contributed by atoms with Crippen LogP contribution in [-0.4, -0.2) is 26.7 Å². The van der Waals surface area contributed by atoms with Crippen LogP contribution in [0.5, 0.6) is 0 Å². The van der Waals surface area contributed by atoms with Crippen LogP contribution in [0.3, 0.4) is 0 Å². The fourth-order valence-corrected chi connectivity index (χ4v) is 2.80. The summed E-state index contributed by atoms with van der Waals surface area (Å²) in [5, 5.41) is 11.8. The standard InChI is InChI=1S/C19H19N5O/c1-2-13-12-16(14-6-3-4-7-15(14)21-13)20-10-9-18-22-19(24-23-18)17-8-5-11-25-17/h3-8,11-12H,2,9-10H2,1H3,(H,20,21)(H,22,23,24). The summed E-state index contributed by atoms with van der Waals surface area (Å²) in [6, 6.07) is 14.0. The van der Waals surface area contributed by atoms with E-state index in [0.717, 1.165) is 47.5 Å². The number of furan rings is 1. The Balaban J connectivity index is 1.48. The van der Waals surface area contributed by atoms with E-state index < -0.39 is 0 Å². The van der Waals surface area contributed by atoms with Gasteiger partial charge in [0.15, 0.2) is 5.76 Å². The number of para-hydroxylation sites is 1. The molecular formula is C19H19N5O. The van der Waals surface area contributed by atoms with Crippen LogP contribution in [-0.2, 0) is 12.8 Å². The minimum absolute atomic E-state index is 0.586. The maximum absolute atomic E-state index is 5.31. The lowest BCUT2D eigenvalue weighted by Gasteiger charge is -2.10. The van der Waals surface area contributed by atoms with Gasteiger partial charge in [0.1, 0.15) is 5.82 Å². The van der Waals surface area contributed by atoms with Crippen molar-refractivity contribution in [1.29, 1.82) is 0 Å². The molecule has 3 aromatic heterocycles. The highest BCUT2D eigenvalue weighted by molar-refractivity contribution is 5.91. The highest BCUT2D eigenvalue weighted by Gasteiger charge is 2.09. The molecule has 0 aliphatic rings. The third kappa shape index (κ3) is 3.24. The SMILES string of the molecule is CCc1cc(NCCc2nc(-c3ccco3)n[nH]2)c2ccccc2n1. The van der Waals surface area contributed by atoms with Crippen LogP contribution in [0.15, 0.2) is 53.1 Å². The van der Waals surface area contributed by atoms with Crippen molar-refractivity contribution in [3.63, 3.8) is 0 Å². The number of aromatic amines is 1. The van der Waals surface area contributed by atoms with Crippen molar-refractivity contribution in [1.82, 2.24) is 20.2 Å².